The van der Waals surface area contributed by atoms with E-state index in [1.165, 1.54) is 0 Å². The largest absolute Gasteiger partial charge is 0.398 e. The lowest BCUT2D eigenvalue weighted by atomic mass is 10.1. The molecule has 0 aliphatic carbocycles. The summed E-state index contributed by atoms with van der Waals surface area (Å²) in [6, 6.07) is 7.04. The van der Waals surface area contributed by atoms with Gasteiger partial charge in [0.1, 0.15) is 5.82 Å². The number of imidazole rings is 1. The average Bonchev–Trinajstić information content (AvgIpc) is 2.71. The molecule has 4 heteroatoms. The molecule has 0 aliphatic rings. The van der Waals surface area contributed by atoms with Gasteiger partial charge in [-0.1, -0.05) is 12.1 Å². The zero-order valence-electron chi connectivity index (χ0n) is 8.10. The number of H-pyrrole nitrogens is 1. The smallest absolute Gasteiger partial charge is 0.172 e. The summed E-state index contributed by atoms with van der Waals surface area (Å²) in [6.45, 7) is 0. The van der Waals surface area contributed by atoms with Crippen molar-refractivity contribution in [2.45, 2.75) is 6.42 Å². The maximum absolute atomic E-state index is 11.8. The third-order valence-corrected chi connectivity index (χ3v) is 2.14. The van der Waals surface area contributed by atoms with E-state index in [2.05, 4.69) is 9.97 Å². The number of nitrogens with zero attached hydrogens (tertiary/aromatic N) is 1. The fraction of sp³-hybridized carbons (Fsp3) is 0.0909. The lowest BCUT2D eigenvalue weighted by Crippen LogP contribution is -2.07. The fourth-order valence-corrected chi connectivity index (χ4v) is 1.39. The van der Waals surface area contributed by atoms with Gasteiger partial charge in [0.2, 0.25) is 0 Å². The minimum absolute atomic E-state index is 0.0250. The van der Waals surface area contributed by atoms with Crippen molar-refractivity contribution < 1.29 is 4.79 Å². The van der Waals surface area contributed by atoms with Crippen LogP contribution in [0.25, 0.3) is 0 Å². The Morgan fingerprint density at radius 2 is 2.20 bits per heavy atom. The number of nitrogens with one attached hydrogen (secondary N) is 1. The van der Waals surface area contributed by atoms with Crippen LogP contribution in [0.4, 0.5) is 5.69 Å². The molecular weight excluding hydrogens is 190 g/mol. The Hall–Kier alpha value is -2.10. The van der Waals surface area contributed by atoms with Gasteiger partial charge < -0.3 is 10.7 Å². The lowest BCUT2D eigenvalue weighted by molar-refractivity contribution is 0.0992. The molecule has 0 atom stereocenters. The highest BCUT2D eigenvalue weighted by Gasteiger charge is 2.10. The van der Waals surface area contributed by atoms with E-state index in [0.717, 1.165) is 0 Å². The number of Topliss-reactive ketones (excluding diaryl/α,β-unsaturated/α-hetero) is 1. The van der Waals surface area contributed by atoms with Crippen LogP contribution in [0.3, 0.4) is 0 Å². The molecule has 76 valence electrons. The van der Waals surface area contributed by atoms with Crippen molar-refractivity contribution in [2.24, 2.45) is 0 Å². The predicted molar refractivity (Wildman–Crippen MR) is 57.5 cm³/mol. The molecule has 0 amide bonds. The van der Waals surface area contributed by atoms with Gasteiger partial charge in [0.25, 0.3) is 0 Å². The highest BCUT2D eigenvalue weighted by Crippen LogP contribution is 2.12. The number of anilines is 1. The quantitative estimate of drug-likeness (QED) is 0.582. The van der Waals surface area contributed by atoms with Crippen LogP contribution in [0.15, 0.2) is 36.7 Å². The van der Waals surface area contributed by atoms with Crippen LogP contribution in [0, 0.1) is 0 Å². The molecule has 3 N–H and O–H groups in total. The zero-order valence-corrected chi connectivity index (χ0v) is 8.10. The van der Waals surface area contributed by atoms with Gasteiger partial charge in [-0.3, -0.25) is 4.79 Å². The molecule has 4 nitrogen and oxygen atoms in total. The SMILES string of the molecule is Nc1ccccc1C(=O)Cc1ncc[nH]1. The number of rotatable bonds is 3. The van der Waals surface area contributed by atoms with E-state index < -0.39 is 0 Å². The van der Waals surface area contributed by atoms with E-state index in [1.54, 1.807) is 36.7 Å². The first-order valence-electron chi connectivity index (χ1n) is 4.63. The first kappa shape index (κ1) is 9.45. The minimum Gasteiger partial charge on any atom is -0.398 e. The van der Waals surface area contributed by atoms with E-state index in [0.29, 0.717) is 17.1 Å². The van der Waals surface area contributed by atoms with Crippen LogP contribution in [0.2, 0.25) is 0 Å². The number of para-hydroxylation sites is 1. The molecule has 1 heterocycles. The van der Waals surface area contributed by atoms with E-state index in [-0.39, 0.29) is 12.2 Å². The molecule has 0 fully saturated rings. The summed E-state index contributed by atoms with van der Waals surface area (Å²) in [5, 5.41) is 0. The van der Waals surface area contributed by atoms with Gasteiger partial charge in [-0.2, -0.15) is 0 Å². The topological polar surface area (TPSA) is 71.8 Å². The highest BCUT2D eigenvalue weighted by molar-refractivity contribution is 6.01. The summed E-state index contributed by atoms with van der Waals surface area (Å²) in [7, 11) is 0. The number of nitrogens with two attached hydrogens (primary N) is 1. The zero-order chi connectivity index (χ0) is 10.7. The summed E-state index contributed by atoms with van der Waals surface area (Å²) in [6.07, 6.45) is 3.56. The number of aromatic nitrogens is 2. The number of carbonyl (C=O) groups is 1. The molecule has 0 aliphatic heterocycles. The Kier molecular flexibility index (Phi) is 2.49. The van der Waals surface area contributed by atoms with Crippen LogP contribution in [0.5, 0.6) is 0 Å². The third-order valence-electron chi connectivity index (χ3n) is 2.14. The number of hydrogen-bond donors (Lipinski definition) is 2. The standard InChI is InChI=1S/C11H11N3O/c12-9-4-2-1-3-8(9)10(15)7-11-13-5-6-14-11/h1-6H,7,12H2,(H,13,14). The van der Waals surface area contributed by atoms with Gasteiger partial charge in [-0.25, -0.2) is 4.98 Å². The summed E-state index contributed by atoms with van der Waals surface area (Å²) in [4.78, 5) is 18.7. The van der Waals surface area contributed by atoms with Crippen molar-refractivity contribution in [2.75, 3.05) is 5.73 Å². The number of carbonyl (C=O) groups excluding carboxylic acids is 1. The van der Waals surface area contributed by atoms with E-state index >= 15 is 0 Å². The number of aromatic amines is 1. The molecule has 0 unspecified atom stereocenters. The first-order valence-corrected chi connectivity index (χ1v) is 4.63. The Morgan fingerprint density at radius 3 is 2.87 bits per heavy atom. The normalized spacial score (nSPS) is 10.1. The van der Waals surface area contributed by atoms with Crippen molar-refractivity contribution >= 4 is 11.5 Å². The molecular formula is C11H11N3O. The lowest BCUT2D eigenvalue weighted by Gasteiger charge is -2.02. The molecule has 0 radical (unpaired) electrons. The molecule has 1 aromatic carbocycles. The second-order valence-electron chi connectivity index (χ2n) is 3.22. The second kappa shape index (κ2) is 3.96. The van der Waals surface area contributed by atoms with Crippen LogP contribution < -0.4 is 5.73 Å². The Morgan fingerprint density at radius 1 is 1.40 bits per heavy atom. The average molecular weight is 201 g/mol. The van der Waals surface area contributed by atoms with Gasteiger partial charge in [0.05, 0.1) is 6.42 Å². The molecule has 2 rings (SSSR count). The number of benzene rings is 1. The summed E-state index contributed by atoms with van der Waals surface area (Å²) in [5.74, 6) is 0.631. The summed E-state index contributed by atoms with van der Waals surface area (Å²) >= 11 is 0. The van der Waals surface area contributed by atoms with Crippen molar-refractivity contribution in [1.82, 2.24) is 9.97 Å². The molecule has 0 saturated heterocycles. The maximum Gasteiger partial charge on any atom is 0.172 e. The third kappa shape index (κ3) is 2.04. The Labute approximate surface area is 87.1 Å². The van der Waals surface area contributed by atoms with E-state index in [4.69, 9.17) is 5.73 Å². The van der Waals surface area contributed by atoms with Crippen LogP contribution in [-0.4, -0.2) is 15.8 Å². The van der Waals surface area contributed by atoms with Crippen molar-refractivity contribution in [3.63, 3.8) is 0 Å². The number of nitrogen functional groups attached to an aromatic ring is 1. The fourth-order valence-electron chi connectivity index (χ4n) is 1.39. The van der Waals surface area contributed by atoms with Crippen LogP contribution in [0.1, 0.15) is 16.2 Å². The van der Waals surface area contributed by atoms with Crippen molar-refractivity contribution in [1.29, 1.82) is 0 Å². The van der Waals surface area contributed by atoms with Gasteiger partial charge in [0, 0.05) is 23.6 Å². The molecule has 1 aromatic heterocycles. The maximum atomic E-state index is 11.8. The summed E-state index contributed by atoms with van der Waals surface area (Å²) < 4.78 is 0. The Bertz CT molecular complexity index is 462. The van der Waals surface area contributed by atoms with Crippen molar-refractivity contribution in [3.05, 3.63) is 48.0 Å². The van der Waals surface area contributed by atoms with E-state index in [9.17, 15) is 4.79 Å². The van der Waals surface area contributed by atoms with Crippen molar-refractivity contribution in [3.8, 4) is 0 Å². The van der Waals surface area contributed by atoms with Crippen LogP contribution >= 0.6 is 0 Å². The molecule has 0 saturated carbocycles. The molecule has 15 heavy (non-hydrogen) atoms. The monoisotopic (exact) mass is 201 g/mol. The molecule has 0 bridgehead atoms. The first-order chi connectivity index (χ1) is 7.27. The number of ketones is 1. The second-order valence-corrected chi connectivity index (χ2v) is 3.22. The highest BCUT2D eigenvalue weighted by atomic mass is 16.1. The number of hydrogen-bond acceptors (Lipinski definition) is 3. The minimum atomic E-state index is -0.0250. The van der Waals surface area contributed by atoms with Gasteiger partial charge in [-0.05, 0) is 12.1 Å². The van der Waals surface area contributed by atoms with Gasteiger partial charge in [-0.15, -0.1) is 0 Å². The van der Waals surface area contributed by atoms with Gasteiger partial charge in [0.15, 0.2) is 5.78 Å². The molecule has 0 spiro atoms. The van der Waals surface area contributed by atoms with E-state index in [1.807, 2.05) is 0 Å². The van der Waals surface area contributed by atoms with Crippen LogP contribution in [-0.2, 0) is 6.42 Å². The summed E-state index contributed by atoms with van der Waals surface area (Å²) in [5.41, 5.74) is 6.76. The van der Waals surface area contributed by atoms with Gasteiger partial charge >= 0.3 is 0 Å². The molecule has 2 aromatic rings. The predicted octanol–water partition coefficient (Wildman–Crippen LogP) is 1.42. The Balaban J connectivity index is 2.19.